The highest BCUT2D eigenvalue weighted by molar-refractivity contribution is 6.09. The first-order chi connectivity index (χ1) is 8.02. The van der Waals surface area contributed by atoms with E-state index in [1.165, 1.54) is 26.2 Å². The summed E-state index contributed by atoms with van der Waals surface area (Å²) >= 11 is 0. The van der Waals surface area contributed by atoms with E-state index in [4.69, 9.17) is 4.74 Å². The first-order valence-electron chi connectivity index (χ1n) is 5.00. The van der Waals surface area contributed by atoms with Crippen molar-refractivity contribution >= 4 is 17.6 Å². The lowest BCUT2D eigenvalue weighted by atomic mass is 10.2. The lowest BCUT2D eigenvalue weighted by Crippen LogP contribution is -2.31. The maximum absolute atomic E-state index is 11.6. The molecule has 5 nitrogen and oxygen atoms in total. The van der Waals surface area contributed by atoms with Crippen LogP contribution in [0.3, 0.4) is 0 Å². The molecule has 0 aliphatic heterocycles. The number of ether oxygens (including phenoxy) is 1. The fourth-order valence-electron chi connectivity index (χ4n) is 1.21. The van der Waals surface area contributed by atoms with Gasteiger partial charge in [-0.1, -0.05) is 0 Å². The number of ketones is 1. The Morgan fingerprint density at radius 1 is 1.18 bits per heavy atom. The number of Topliss-reactive ketones (excluding diaryl/α,β-unsaturated/α-hetero) is 1. The number of methoxy groups -OCH3 is 1. The molecule has 1 aromatic rings. The van der Waals surface area contributed by atoms with Crippen LogP contribution in [0.25, 0.3) is 0 Å². The van der Waals surface area contributed by atoms with Gasteiger partial charge >= 0.3 is 0 Å². The second-order valence-electron chi connectivity index (χ2n) is 3.48. The van der Waals surface area contributed by atoms with Crippen molar-refractivity contribution in [3.05, 3.63) is 29.8 Å². The molecule has 2 amide bonds. The van der Waals surface area contributed by atoms with E-state index < -0.39 is 11.8 Å². The summed E-state index contributed by atoms with van der Waals surface area (Å²) in [6.07, 6.45) is -0.290. The number of hydrogen-bond acceptors (Lipinski definition) is 4. The van der Waals surface area contributed by atoms with E-state index in [1.807, 2.05) is 0 Å². The van der Waals surface area contributed by atoms with E-state index in [9.17, 15) is 14.4 Å². The minimum atomic E-state index is -0.599. The van der Waals surface area contributed by atoms with Gasteiger partial charge in [-0.3, -0.25) is 19.7 Å². The molecule has 1 rings (SSSR count). The molecule has 5 heteroatoms. The first-order valence-corrected chi connectivity index (χ1v) is 5.00. The molecule has 0 saturated heterocycles. The highest BCUT2D eigenvalue weighted by atomic mass is 16.5. The Labute approximate surface area is 98.8 Å². The molecule has 0 radical (unpaired) electrons. The van der Waals surface area contributed by atoms with Crippen molar-refractivity contribution in [2.75, 3.05) is 7.11 Å². The summed E-state index contributed by atoms with van der Waals surface area (Å²) in [6, 6.07) is 6.30. The SMILES string of the molecule is COc1ccc(C(=O)NC(=O)CC(C)=O)cc1. The van der Waals surface area contributed by atoms with Crippen molar-refractivity contribution in [2.24, 2.45) is 0 Å². The van der Waals surface area contributed by atoms with Crippen molar-refractivity contribution in [2.45, 2.75) is 13.3 Å². The van der Waals surface area contributed by atoms with E-state index in [0.29, 0.717) is 11.3 Å². The minimum absolute atomic E-state index is 0.287. The quantitative estimate of drug-likeness (QED) is 0.788. The third-order valence-corrected chi connectivity index (χ3v) is 2.01. The molecule has 0 fully saturated rings. The zero-order valence-corrected chi connectivity index (χ0v) is 9.65. The lowest BCUT2D eigenvalue weighted by Gasteiger charge is -2.04. The molecule has 0 aliphatic carbocycles. The molecule has 0 saturated carbocycles. The van der Waals surface area contributed by atoms with Crippen molar-refractivity contribution in [3.63, 3.8) is 0 Å². The number of benzene rings is 1. The average Bonchev–Trinajstić information content (AvgIpc) is 2.28. The smallest absolute Gasteiger partial charge is 0.257 e. The molecule has 17 heavy (non-hydrogen) atoms. The van der Waals surface area contributed by atoms with Crippen LogP contribution < -0.4 is 10.1 Å². The van der Waals surface area contributed by atoms with Gasteiger partial charge in [0.2, 0.25) is 5.91 Å². The van der Waals surface area contributed by atoms with Crippen LogP contribution in [0.4, 0.5) is 0 Å². The van der Waals surface area contributed by atoms with Crippen LogP contribution in [-0.2, 0) is 9.59 Å². The molecular weight excluding hydrogens is 222 g/mol. The predicted octanol–water partition coefficient (Wildman–Crippen LogP) is 0.931. The maximum atomic E-state index is 11.6. The molecular formula is C12H13NO4. The van der Waals surface area contributed by atoms with Gasteiger partial charge in [0.1, 0.15) is 11.5 Å². The normalized spacial score (nSPS) is 9.53. The molecule has 0 atom stereocenters. The fourth-order valence-corrected chi connectivity index (χ4v) is 1.21. The molecule has 0 aromatic heterocycles. The molecule has 0 aliphatic rings. The number of carbonyl (C=O) groups excluding carboxylic acids is 3. The molecule has 90 valence electrons. The number of rotatable bonds is 4. The van der Waals surface area contributed by atoms with Gasteiger partial charge in [-0.15, -0.1) is 0 Å². The predicted molar refractivity (Wildman–Crippen MR) is 60.8 cm³/mol. The minimum Gasteiger partial charge on any atom is -0.497 e. The largest absolute Gasteiger partial charge is 0.497 e. The summed E-state index contributed by atoms with van der Waals surface area (Å²) in [5.41, 5.74) is 0.336. The molecule has 1 aromatic carbocycles. The van der Waals surface area contributed by atoms with E-state index in [-0.39, 0.29) is 12.2 Å². The molecule has 0 bridgehead atoms. The Morgan fingerprint density at radius 3 is 2.24 bits per heavy atom. The summed E-state index contributed by atoms with van der Waals surface area (Å²) in [5, 5.41) is 2.13. The summed E-state index contributed by atoms with van der Waals surface area (Å²) < 4.78 is 4.94. The monoisotopic (exact) mass is 235 g/mol. The fraction of sp³-hybridized carbons (Fsp3) is 0.250. The zero-order chi connectivity index (χ0) is 12.8. The van der Waals surface area contributed by atoms with Gasteiger partial charge in [0, 0.05) is 5.56 Å². The highest BCUT2D eigenvalue weighted by Crippen LogP contribution is 2.10. The van der Waals surface area contributed by atoms with E-state index in [2.05, 4.69) is 5.32 Å². The molecule has 0 unspecified atom stereocenters. The Morgan fingerprint density at radius 2 is 1.76 bits per heavy atom. The Bertz CT molecular complexity index is 436. The summed E-state index contributed by atoms with van der Waals surface area (Å²) in [5.74, 6) is -0.793. The van der Waals surface area contributed by atoms with Crippen LogP contribution >= 0.6 is 0 Å². The summed E-state index contributed by atoms with van der Waals surface area (Å²) in [6.45, 7) is 1.29. The van der Waals surface area contributed by atoms with Crippen molar-refractivity contribution in [3.8, 4) is 5.75 Å². The van der Waals surface area contributed by atoms with E-state index in [1.54, 1.807) is 12.1 Å². The van der Waals surface area contributed by atoms with Gasteiger partial charge in [-0.05, 0) is 31.2 Å². The summed E-state index contributed by atoms with van der Waals surface area (Å²) in [7, 11) is 1.52. The standard InChI is InChI=1S/C12H13NO4/c1-8(14)7-11(15)13-12(16)9-3-5-10(17-2)6-4-9/h3-6H,7H2,1-2H3,(H,13,15,16). The molecule has 0 spiro atoms. The topological polar surface area (TPSA) is 72.5 Å². The number of hydrogen-bond donors (Lipinski definition) is 1. The zero-order valence-electron chi connectivity index (χ0n) is 9.65. The van der Waals surface area contributed by atoms with Gasteiger partial charge in [0.15, 0.2) is 0 Å². The lowest BCUT2D eigenvalue weighted by molar-refractivity contribution is -0.126. The number of nitrogens with one attached hydrogen (secondary N) is 1. The van der Waals surface area contributed by atoms with Crippen LogP contribution in [0, 0.1) is 0 Å². The van der Waals surface area contributed by atoms with Gasteiger partial charge in [-0.2, -0.15) is 0 Å². The third kappa shape index (κ3) is 4.06. The first kappa shape index (κ1) is 12.9. The van der Waals surface area contributed by atoms with E-state index >= 15 is 0 Å². The average molecular weight is 235 g/mol. The Balaban J connectivity index is 2.63. The molecule has 0 heterocycles. The summed E-state index contributed by atoms with van der Waals surface area (Å²) in [4.78, 5) is 33.4. The van der Waals surface area contributed by atoms with Crippen molar-refractivity contribution in [1.29, 1.82) is 0 Å². The number of carbonyl (C=O) groups is 3. The van der Waals surface area contributed by atoms with Crippen LogP contribution in [0.15, 0.2) is 24.3 Å². The van der Waals surface area contributed by atoms with Gasteiger partial charge in [0.25, 0.3) is 5.91 Å². The van der Waals surface area contributed by atoms with Crippen LogP contribution in [-0.4, -0.2) is 24.7 Å². The van der Waals surface area contributed by atoms with Crippen LogP contribution in [0.5, 0.6) is 5.75 Å². The molecule has 1 N–H and O–H groups in total. The van der Waals surface area contributed by atoms with Crippen LogP contribution in [0.1, 0.15) is 23.7 Å². The van der Waals surface area contributed by atoms with Gasteiger partial charge < -0.3 is 4.74 Å². The number of imide groups is 1. The van der Waals surface area contributed by atoms with Crippen LogP contribution in [0.2, 0.25) is 0 Å². The van der Waals surface area contributed by atoms with E-state index in [0.717, 1.165) is 0 Å². The highest BCUT2D eigenvalue weighted by Gasteiger charge is 2.11. The van der Waals surface area contributed by atoms with Gasteiger partial charge in [0.05, 0.1) is 13.5 Å². The Kier molecular flexibility index (Phi) is 4.39. The number of amides is 2. The van der Waals surface area contributed by atoms with Gasteiger partial charge in [-0.25, -0.2) is 0 Å². The Hall–Kier alpha value is -2.17. The third-order valence-electron chi connectivity index (χ3n) is 2.01. The maximum Gasteiger partial charge on any atom is 0.257 e. The van der Waals surface area contributed by atoms with Crippen molar-refractivity contribution < 1.29 is 19.1 Å². The van der Waals surface area contributed by atoms with Crippen molar-refractivity contribution in [1.82, 2.24) is 5.32 Å². The second-order valence-corrected chi connectivity index (χ2v) is 3.48. The second kappa shape index (κ2) is 5.79.